The van der Waals surface area contributed by atoms with E-state index in [9.17, 15) is 0 Å². The Kier molecular flexibility index (Phi) is 1.33. The molecule has 1 aliphatic rings. The number of aromatic nitrogens is 4. The average molecular weight is 184 g/mol. The SMILES string of the molecule is Cc1cnc2nc(C3=CC=C3)[nH]c2n1. The molecule has 1 aliphatic carbocycles. The number of hydrogen-bond acceptors (Lipinski definition) is 3. The molecule has 0 radical (unpaired) electrons. The summed E-state index contributed by atoms with van der Waals surface area (Å²) in [6.45, 7) is 1.91. The highest BCUT2D eigenvalue weighted by molar-refractivity contribution is 5.81. The third-order valence-corrected chi connectivity index (χ3v) is 2.15. The maximum Gasteiger partial charge on any atom is 0.197 e. The molecule has 0 unspecified atom stereocenters. The maximum atomic E-state index is 4.33. The van der Waals surface area contributed by atoms with Crippen LogP contribution in [-0.2, 0) is 0 Å². The second-order valence-corrected chi connectivity index (χ2v) is 3.25. The van der Waals surface area contributed by atoms with Crippen molar-refractivity contribution in [1.82, 2.24) is 19.9 Å². The molecule has 68 valence electrons. The first-order chi connectivity index (χ1) is 6.83. The zero-order chi connectivity index (χ0) is 9.54. The van der Waals surface area contributed by atoms with Crippen molar-refractivity contribution in [2.45, 2.75) is 6.92 Å². The number of rotatable bonds is 1. The van der Waals surface area contributed by atoms with E-state index in [0.717, 1.165) is 22.7 Å². The fourth-order valence-corrected chi connectivity index (χ4v) is 1.37. The lowest BCUT2D eigenvalue weighted by molar-refractivity contribution is 1.16. The standard InChI is InChI=1S/C10H8N4/c1-6-5-11-9-10(12-6)14-8(13-9)7-3-2-4-7/h2-5H,1H3,(H,11,12,13,14). The molecule has 0 aliphatic heterocycles. The summed E-state index contributed by atoms with van der Waals surface area (Å²) in [6, 6.07) is 0. The molecule has 4 nitrogen and oxygen atoms in total. The van der Waals surface area contributed by atoms with Gasteiger partial charge in [-0.25, -0.2) is 15.0 Å². The molecule has 0 bridgehead atoms. The number of nitrogens with one attached hydrogen (secondary N) is 1. The second-order valence-electron chi connectivity index (χ2n) is 3.25. The molecule has 0 spiro atoms. The molecular formula is C10H8N4. The van der Waals surface area contributed by atoms with E-state index in [4.69, 9.17) is 0 Å². The van der Waals surface area contributed by atoms with Gasteiger partial charge in [0.2, 0.25) is 0 Å². The Morgan fingerprint density at radius 1 is 1.29 bits per heavy atom. The lowest BCUT2D eigenvalue weighted by Gasteiger charge is -2.00. The van der Waals surface area contributed by atoms with Crippen LogP contribution in [0.15, 0.2) is 24.4 Å². The van der Waals surface area contributed by atoms with Crippen molar-refractivity contribution in [3.05, 3.63) is 35.9 Å². The zero-order valence-electron chi connectivity index (χ0n) is 7.65. The Morgan fingerprint density at radius 3 is 2.86 bits per heavy atom. The Balaban J connectivity index is 2.20. The largest absolute Gasteiger partial charge is 0.321 e. The molecule has 0 saturated heterocycles. The van der Waals surface area contributed by atoms with Crippen LogP contribution in [0.4, 0.5) is 0 Å². The van der Waals surface area contributed by atoms with Crippen molar-refractivity contribution in [3.63, 3.8) is 0 Å². The highest BCUT2D eigenvalue weighted by atomic mass is 15.0. The molecule has 2 aromatic heterocycles. The zero-order valence-corrected chi connectivity index (χ0v) is 7.65. The van der Waals surface area contributed by atoms with Crippen LogP contribution in [0, 0.1) is 6.92 Å². The number of nitrogens with zero attached hydrogens (tertiary/aromatic N) is 3. The molecule has 0 atom stereocenters. The highest BCUT2D eigenvalue weighted by Gasteiger charge is 2.09. The normalized spacial score (nSPS) is 14.2. The summed E-state index contributed by atoms with van der Waals surface area (Å²) < 4.78 is 0. The minimum Gasteiger partial charge on any atom is -0.321 e. The van der Waals surface area contributed by atoms with Crippen LogP contribution < -0.4 is 0 Å². The minimum absolute atomic E-state index is 0.673. The van der Waals surface area contributed by atoms with Crippen molar-refractivity contribution < 1.29 is 0 Å². The van der Waals surface area contributed by atoms with E-state index in [1.165, 1.54) is 0 Å². The number of aryl methyl sites for hydroxylation is 1. The van der Waals surface area contributed by atoms with Gasteiger partial charge in [-0.3, -0.25) is 0 Å². The van der Waals surface area contributed by atoms with Crippen LogP contribution in [0.2, 0.25) is 0 Å². The number of fused-ring (bicyclic) bond motifs is 1. The molecule has 0 amide bonds. The van der Waals surface area contributed by atoms with Crippen LogP contribution in [0.3, 0.4) is 0 Å². The van der Waals surface area contributed by atoms with Crippen LogP contribution in [-0.4, -0.2) is 19.9 Å². The fraction of sp³-hybridized carbons (Fsp3) is 0.100. The van der Waals surface area contributed by atoms with E-state index < -0.39 is 0 Å². The summed E-state index contributed by atoms with van der Waals surface area (Å²) in [7, 11) is 0. The minimum atomic E-state index is 0.673. The Hall–Kier alpha value is -1.97. The van der Waals surface area contributed by atoms with Crippen LogP contribution in [0.5, 0.6) is 0 Å². The van der Waals surface area contributed by atoms with Gasteiger partial charge in [0.05, 0.1) is 11.9 Å². The number of allylic oxidation sites excluding steroid dienone is 4. The second kappa shape index (κ2) is 2.51. The molecule has 1 N–H and O–H groups in total. The predicted octanol–water partition coefficient (Wildman–Crippen LogP) is 1.61. The molecule has 0 saturated carbocycles. The molecule has 2 heterocycles. The van der Waals surface area contributed by atoms with Gasteiger partial charge < -0.3 is 4.98 Å². The Bertz CT molecular complexity index is 563. The number of H-pyrrole nitrogens is 1. The van der Waals surface area contributed by atoms with Crippen LogP contribution >= 0.6 is 0 Å². The average Bonchev–Trinajstić information content (AvgIpc) is 2.43. The first-order valence-electron chi connectivity index (χ1n) is 4.41. The maximum absolute atomic E-state index is 4.33. The van der Waals surface area contributed by atoms with Gasteiger partial charge >= 0.3 is 0 Å². The van der Waals surface area contributed by atoms with E-state index in [-0.39, 0.29) is 0 Å². The van der Waals surface area contributed by atoms with E-state index >= 15 is 0 Å². The van der Waals surface area contributed by atoms with E-state index in [0.29, 0.717) is 5.65 Å². The van der Waals surface area contributed by atoms with Crippen molar-refractivity contribution in [1.29, 1.82) is 0 Å². The van der Waals surface area contributed by atoms with Gasteiger partial charge in [0, 0.05) is 5.57 Å². The summed E-state index contributed by atoms with van der Waals surface area (Å²) in [4.78, 5) is 16.0. The summed E-state index contributed by atoms with van der Waals surface area (Å²) in [5.74, 6) is 0.841. The van der Waals surface area contributed by atoms with Gasteiger partial charge in [0.25, 0.3) is 0 Å². The lowest BCUT2D eigenvalue weighted by atomic mass is 10.1. The van der Waals surface area contributed by atoms with Gasteiger partial charge in [0.1, 0.15) is 5.82 Å². The number of imidazole rings is 1. The smallest absolute Gasteiger partial charge is 0.197 e. The molecule has 2 aromatic rings. The topological polar surface area (TPSA) is 54.5 Å². The van der Waals surface area contributed by atoms with Gasteiger partial charge in [-0.1, -0.05) is 18.2 Å². The molecular weight excluding hydrogens is 176 g/mol. The van der Waals surface area contributed by atoms with Gasteiger partial charge in [-0.15, -0.1) is 0 Å². The summed E-state index contributed by atoms with van der Waals surface area (Å²) in [5.41, 5.74) is 3.42. The molecule has 0 fully saturated rings. The van der Waals surface area contributed by atoms with Gasteiger partial charge in [0.15, 0.2) is 11.3 Å². The lowest BCUT2D eigenvalue weighted by Crippen LogP contribution is -1.88. The Labute approximate surface area is 80.4 Å². The highest BCUT2D eigenvalue weighted by Crippen LogP contribution is 2.20. The van der Waals surface area contributed by atoms with Gasteiger partial charge in [-0.05, 0) is 6.92 Å². The summed E-state index contributed by atoms with van der Waals surface area (Å²) in [6.07, 6.45) is 7.71. The van der Waals surface area contributed by atoms with Crippen molar-refractivity contribution in [2.24, 2.45) is 0 Å². The third-order valence-electron chi connectivity index (χ3n) is 2.15. The number of hydrogen-bond donors (Lipinski definition) is 1. The Morgan fingerprint density at radius 2 is 2.14 bits per heavy atom. The quantitative estimate of drug-likeness (QED) is 0.732. The van der Waals surface area contributed by atoms with E-state index in [1.807, 2.05) is 25.2 Å². The monoisotopic (exact) mass is 184 g/mol. The van der Waals surface area contributed by atoms with Gasteiger partial charge in [-0.2, -0.15) is 0 Å². The molecule has 4 heteroatoms. The summed E-state index contributed by atoms with van der Waals surface area (Å²) >= 11 is 0. The van der Waals surface area contributed by atoms with Crippen molar-refractivity contribution in [3.8, 4) is 0 Å². The fourth-order valence-electron chi connectivity index (χ4n) is 1.37. The van der Waals surface area contributed by atoms with E-state index in [1.54, 1.807) is 6.20 Å². The molecule has 3 rings (SSSR count). The predicted molar refractivity (Wildman–Crippen MR) is 53.5 cm³/mol. The molecule has 14 heavy (non-hydrogen) atoms. The van der Waals surface area contributed by atoms with E-state index in [2.05, 4.69) is 19.9 Å². The first-order valence-corrected chi connectivity index (χ1v) is 4.41. The van der Waals surface area contributed by atoms with Crippen molar-refractivity contribution in [2.75, 3.05) is 0 Å². The van der Waals surface area contributed by atoms with Crippen LogP contribution in [0.1, 0.15) is 11.5 Å². The third kappa shape index (κ3) is 0.970. The number of aromatic amines is 1. The van der Waals surface area contributed by atoms with Crippen molar-refractivity contribution >= 4 is 16.9 Å². The molecule has 0 aromatic carbocycles. The first kappa shape index (κ1) is 7.44. The van der Waals surface area contributed by atoms with Crippen LogP contribution in [0.25, 0.3) is 16.9 Å². The summed E-state index contributed by atoms with van der Waals surface area (Å²) in [5, 5.41) is 0.